The predicted molar refractivity (Wildman–Crippen MR) is 81.9 cm³/mol. The van der Waals surface area contributed by atoms with Gasteiger partial charge in [0, 0.05) is 19.1 Å². The summed E-state index contributed by atoms with van der Waals surface area (Å²) in [4.78, 5) is 15.1. The predicted octanol–water partition coefficient (Wildman–Crippen LogP) is 2.27. The lowest BCUT2D eigenvalue weighted by Crippen LogP contribution is -2.45. The summed E-state index contributed by atoms with van der Waals surface area (Å²) >= 11 is 0. The fourth-order valence-electron chi connectivity index (χ4n) is 3.29. The maximum Gasteiger partial charge on any atom is 0.230 e. The van der Waals surface area contributed by atoms with Gasteiger partial charge in [-0.05, 0) is 49.9 Å². The molecule has 0 spiro atoms. The summed E-state index contributed by atoms with van der Waals surface area (Å²) in [5.41, 5.74) is 0.784. The molecule has 2 N–H and O–H groups in total. The molecule has 1 saturated heterocycles. The van der Waals surface area contributed by atoms with Gasteiger partial charge in [-0.15, -0.1) is 0 Å². The number of carbonyl (C=O) groups is 1. The third kappa shape index (κ3) is 2.91. The first kappa shape index (κ1) is 14.4. The normalized spacial score (nSPS) is 25.0. The van der Waals surface area contributed by atoms with Crippen LogP contribution in [0.15, 0.2) is 24.3 Å². The van der Waals surface area contributed by atoms with Crippen LogP contribution in [0.1, 0.15) is 38.2 Å². The van der Waals surface area contributed by atoms with Gasteiger partial charge in [0.2, 0.25) is 5.91 Å². The molecule has 0 bridgehead atoms. The molecule has 4 heteroatoms. The van der Waals surface area contributed by atoms with E-state index in [0.29, 0.717) is 18.5 Å². The van der Waals surface area contributed by atoms with Crippen molar-refractivity contribution in [2.75, 3.05) is 13.1 Å². The van der Waals surface area contributed by atoms with E-state index in [1.54, 1.807) is 12.1 Å². The highest BCUT2D eigenvalue weighted by molar-refractivity contribution is 5.84. The smallest absolute Gasteiger partial charge is 0.230 e. The van der Waals surface area contributed by atoms with E-state index in [0.717, 1.165) is 44.3 Å². The average Bonchev–Trinajstić information content (AvgIpc) is 3.21. The summed E-state index contributed by atoms with van der Waals surface area (Å²) in [6, 6.07) is 7.64. The number of hydrogen-bond donors (Lipinski definition) is 2. The van der Waals surface area contributed by atoms with E-state index < -0.39 is 0 Å². The highest BCUT2D eigenvalue weighted by Gasteiger charge is 2.45. The van der Waals surface area contributed by atoms with Crippen LogP contribution >= 0.6 is 0 Å². The second-order valence-electron chi connectivity index (χ2n) is 6.39. The van der Waals surface area contributed by atoms with Gasteiger partial charge in [0.25, 0.3) is 0 Å². The van der Waals surface area contributed by atoms with Crippen molar-refractivity contribution in [1.29, 1.82) is 0 Å². The number of benzene rings is 1. The number of hydrogen-bond acceptors (Lipinski definition) is 3. The number of phenols is 1. The minimum Gasteiger partial charge on any atom is -0.508 e. The molecule has 114 valence electrons. The van der Waals surface area contributed by atoms with E-state index in [1.807, 2.05) is 17.0 Å². The number of nitrogens with one attached hydrogen (secondary N) is 1. The topological polar surface area (TPSA) is 52.6 Å². The monoisotopic (exact) mass is 288 g/mol. The molecule has 1 saturated carbocycles. The van der Waals surface area contributed by atoms with E-state index in [4.69, 9.17) is 0 Å². The van der Waals surface area contributed by atoms with Crippen molar-refractivity contribution in [3.8, 4) is 5.75 Å². The Balaban J connectivity index is 1.79. The summed E-state index contributed by atoms with van der Waals surface area (Å²) < 4.78 is 0. The van der Waals surface area contributed by atoms with Crippen LogP contribution in [0.2, 0.25) is 0 Å². The Kier molecular flexibility index (Phi) is 3.89. The van der Waals surface area contributed by atoms with Crippen molar-refractivity contribution in [3.63, 3.8) is 0 Å². The number of nitrogens with zero attached hydrogens (tertiary/aromatic N) is 1. The number of phenolic OH excluding ortho intramolecular Hbond substituents is 1. The Hall–Kier alpha value is -1.55. The molecular formula is C17H24N2O2. The standard InChI is InChI=1S/C17H24N2O2/c1-2-17(8-9-18-12-17)16(21)19(14-6-7-14)11-13-4-3-5-15(20)10-13/h3-5,10,14,18,20H,2,6-9,11-12H2,1H3. The van der Waals surface area contributed by atoms with Crippen molar-refractivity contribution in [2.24, 2.45) is 5.41 Å². The molecule has 1 unspecified atom stereocenters. The second kappa shape index (κ2) is 5.68. The van der Waals surface area contributed by atoms with Crippen molar-refractivity contribution < 1.29 is 9.90 Å². The van der Waals surface area contributed by atoms with Crippen molar-refractivity contribution >= 4 is 5.91 Å². The molecule has 4 nitrogen and oxygen atoms in total. The van der Waals surface area contributed by atoms with Crippen LogP contribution in [0.4, 0.5) is 0 Å². The van der Waals surface area contributed by atoms with Crippen molar-refractivity contribution in [3.05, 3.63) is 29.8 Å². The van der Waals surface area contributed by atoms with Crippen LogP contribution in [-0.2, 0) is 11.3 Å². The Morgan fingerprint density at radius 1 is 1.48 bits per heavy atom. The molecule has 1 atom stereocenters. The van der Waals surface area contributed by atoms with Crippen LogP contribution in [0, 0.1) is 5.41 Å². The van der Waals surface area contributed by atoms with E-state index >= 15 is 0 Å². The molecule has 1 aromatic rings. The van der Waals surface area contributed by atoms with E-state index in [9.17, 15) is 9.90 Å². The van der Waals surface area contributed by atoms with Crippen molar-refractivity contribution in [1.82, 2.24) is 10.2 Å². The van der Waals surface area contributed by atoms with E-state index in [2.05, 4.69) is 12.2 Å². The molecule has 1 aliphatic carbocycles. The minimum atomic E-state index is -0.223. The molecule has 0 aromatic heterocycles. The zero-order valence-electron chi connectivity index (χ0n) is 12.6. The number of aromatic hydroxyl groups is 1. The van der Waals surface area contributed by atoms with Gasteiger partial charge in [-0.2, -0.15) is 0 Å². The molecule has 0 radical (unpaired) electrons. The van der Waals surface area contributed by atoms with Crippen LogP contribution < -0.4 is 5.32 Å². The molecular weight excluding hydrogens is 264 g/mol. The van der Waals surface area contributed by atoms with Gasteiger partial charge in [-0.3, -0.25) is 4.79 Å². The lowest BCUT2D eigenvalue weighted by atomic mass is 9.82. The number of amides is 1. The average molecular weight is 288 g/mol. The Bertz CT molecular complexity index is 519. The highest BCUT2D eigenvalue weighted by atomic mass is 16.3. The molecule has 1 amide bonds. The Labute approximate surface area is 126 Å². The molecule has 3 rings (SSSR count). The zero-order valence-corrected chi connectivity index (χ0v) is 12.6. The summed E-state index contributed by atoms with van der Waals surface area (Å²) in [7, 11) is 0. The quantitative estimate of drug-likeness (QED) is 0.874. The van der Waals surface area contributed by atoms with Gasteiger partial charge in [0.15, 0.2) is 0 Å². The van der Waals surface area contributed by atoms with Crippen LogP contribution in [0.5, 0.6) is 5.75 Å². The van der Waals surface area contributed by atoms with Crippen LogP contribution in [-0.4, -0.2) is 35.0 Å². The maximum atomic E-state index is 13.1. The summed E-state index contributed by atoms with van der Waals surface area (Å²) in [6.45, 7) is 4.46. The van der Waals surface area contributed by atoms with Gasteiger partial charge >= 0.3 is 0 Å². The molecule has 1 aliphatic heterocycles. The van der Waals surface area contributed by atoms with Gasteiger partial charge in [-0.1, -0.05) is 19.1 Å². The lowest BCUT2D eigenvalue weighted by Gasteiger charge is -2.33. The molecule has 1 aromatic carbocycles. The highest BCUT2D eigenvalue weighted by Crippen LogP contribution is 2.37. The van der Waals surface area contributed by atoms with Crippen LogP contribution in [0.3, 0.4) is 0 Å². The maximum absolute atomic E-state index is 13.1. The zero-order chi connectivity index (χ0) is 14.9. The summed E-state index contributed by atoms with van der Waals surface area (Å²) in [6.07, 6.45) is 4.04. The third-order valence-electron chi connectivity index (χ3n) is 4.89. The number of rotatable bonds is 5. The van der Waals surface area contributed by atoms with Crippen molar-refractivity contribution in [2.45, 2.75) is 45.2 Å². The molecule has 1 heterocycles. The van der Waals surface area contributed by atoms with Gasteiger partial charge < -0.3 is 15.3 Å². The van der Waals surface area contributed by atoms with Crippen LogP contribution in [0.25, 0.3) is 0 Å². The Morgan fingerprint density at radius 3 is 2.86 bits per heavy atom. The third-order valence-corrected chi connectivity index (χ3v) is 4.89. The second-order valence-corrected chi connectivity index (χ2v) is 6.39. The summed E-state index contributed by atoms with van der Waals surface area (Å²) in [5.74, 6) is 0.560. The first-order chi connectivity index (χ1) is 10.1. The lowest BCUT2D eigenvalue weighted by molar-refractivity contribution is -0.142. The SMILES string of the molecule is CCC1(C(=O)N(Cc2cccc(O)c2)C2CC2)CCNC1. The summed E-state index contributed by atoms with van der Waals surface area (Å²) in [5, 5.41) is 13.0. The van der Waals surface area contributed by atoms with E-state index in [-0.39, 0.29) is 11.2 Å². The first-order valence-electron chi connectivity index (χ1n) is 7.94. The fourth-order valence-corrected chi connectivity index (χ4v) is 3.29. The fraction of sp³-hybridized carbons (Fsp3) is 0.588. The Morgan fingerprint density at radius 2 is 2.29 bits per heavy atom. The number of carbonyl (C=O) groups excluding carboxylic acids is 1. The largest absolute Gasteiger partial charge is 0.508 e. The first-order valence-corrected chi connectivity index (χ1v) is 7.94. The molecule has 2 aliphatic rings. The van der Waals surface area contributed by atoms with Gasteiger partial charge in [0.05, 0.1) is 5.41 Å². The van der Waals surface area contributed by atoms with E-state index in [1.165, 1.54) is 0 Å². The minimum absolute atomic E-state index is 0.223. The van der Waals surface area contributed by atoms with Gasteiger partial charge in [0.1, 0.15) is 5.75 Å². The molecule has 21 heavy (non-hydrogen) atoms. The molecule has 2 fully saturated rings. The van der Waals surface area contributed by atoms with Gasteiger partial charge in [-0.25, -0.2) is 0 Å².